The molecule has 11 heavy (non-hydrogen) atoms. The maximum Gasteiger partial charge on any atom is 0.322 e. The molecule has 3 heteroatoms. The first-order valence-electron chi connectivity index (χ1n) is 3.79. The van der Waals surface area contributed by atoms with Crippen LogP contribution in [-0.2, 0) is 9.53 Å². The standard InChI is InChI=1S/C8H15BrO2/c1-5-11-7(10)8(4,9)6(2)3/h6H,5H2,1-4H3. The first-order valence-corrected chi connectivity index (χ1v) is 4.58. The molecule has 66 valence electrons. The maximum atomic E-state index is 11.2. The molecule has 1 atom stereocenters. The number of esters is 1. The second-order valence-electron chi connectivity index (χ2n) is 2.95. The van der Waals surface area contributed by atoms with E-state index in [1.54, 1.807) is 6.92 Å². The number of carbonyl (C=O) groups excluding carboxylic acids is 1. The van der Waals surface area contributed by atoms with E-state index < -0.39 is 4.32 Å². The molecule has 0 fully saturated rings. The van der Waals surface area contributed by atoms with Gasteiger partial charge in [-0.3, -0.25) is 4.79 Å². The van der Waals surface area contributed by atoms with E-state index in [1.807, 2.05) is 20.8 Å². The molecule has 1 unspecified atom stereocenters. The van der Waals surface area contributed by atoms with E-state index in [1.165, 1.54) is 0 Å². The summed E-state index contributed by atoms with van der Waals surface area (Å²) in [5, 5.41) is 0. The van der Waals surface area contributed by atoms with Crippen LogP contribution in [0.3, 0.4) is 0 Å². The lowest BCUT2D eigenvalue weighted by Crippen LogP contribution is -2.35. The third-order valence-electron chi connectivity index (χ3n) is 1.76. The van der Waals surface area contributed by atoms with Crippen LogP contribution in [0.5, 0.6) is 0 Å². The summed E-state index contributed by atoms with van der Waals surface area (Å²) in [7, 11) is 0. The molecule has 0 aliphatic carbocycles. The van der Waals surface area contributed by atoms with Crippen molar-refractivity contribution in [3.05, 3.63) is 0 Å². The van der Waals surface area contributed by atoms with E-state index in [0.717, 1.165) is 0 Å². The van der Waals surface area contributed by atoms with E-state index in [-0.39, 0.29) is 11.9 Å². The minimum atomic E-state index is -0.539. The first kappa shape index (κ1) is 11.0. The summed E-state index contributed by atoms with van der Waals surface area (Å²) in [6.45, 7) is 8.03. The zero-order valence-corrected chi connectivity index (χ0v) is 9.06. The van der Waals surface area contributed by atoms with Crippen molar-refractivity contribution < 1.29 is 9.53 Å². The van der Waals surface area contributed by atoms with E-state index in [4.69, 9.17) is 4.74 Å². The molecule has 0 N–H and O–H groups in total. The number of hydrogen-bond acceptors (Lipinski definition) is 2. The molecule has 0 aliphatic rings. The Bertz CT molecular complexity index is 141. The Labute approximate surface area is 76.4 Å². The predicted molar refractivity (Wildman–Crippen MR) is 48.8 cm³/mol. The summed E-state index contributed by atoms with van der Waals surface area (Å²) < 4.78 is 4.34. The number of hydrogen-bond donors (Lipinski definition) is 0. The Morgan fingerprint density at radius 3 is 2.36 bits per heavy atom. The van der Waals surface area contributed by atoms with Crippen LogP contribution in [0.4, 0.5) is 0 Å². The molecular weight excluding hydrogens is 208 g/mol. The highest BCUT2D eigenvalue weighted by Crippen LogP contribution is 2.28. The number of ether oxygens (including phenoxy) is 1. The molecule has 0 spiro atoms. The smallest absolute Gasteiger partial charge is 0.322 e. The quantitative estimate of drug-likeness (QED) is 0.542. The van der Waals surface area contributed by atoms with Crippen LogP contribution in [0, 0.1) is 5.92 Å². The fraction of sp³-hybridized carbons (Fsp3) is 0.875. The zero-order valence-electron chi connectivity index (χ0n) is 7.48. The second kappa shape index (κ2) is 4.10. The van der Waals surface area contributed by atoms with Gasteiger partial charge in [-0.25, -0.2) is 0 Å². The topological polar surface area (TPSA) is 26.3 Å². The van der Waals surface area contributed by atoms with Crippen LogP contribution >= 0.6 is 15.9 Å². The van der Waals surface area contributed by atoms with Gasteiger partial charge in [-0.05, 0) is 19.8 Å². The van der Waals surface area contributed by atoms with Crippen molar-refractivity contribution >= 4 is 21.9 Å². The Morgan fingerprint density at radius 1 is 1.64 bits per heavy atom. The lowest BCUT2D eigenvalue weighted by molar-refractivity contribution is -0.146. The van der Waals surface area contributed by atoms with E-state index >= 15 is 0 Å². The van der Waals surface area contributed by atoms with Gasteiger partial charge >= 0.3 is 5.97 Å². The molecule has 0 saturated carbocycles. The van der Waals surface area contributed by atoms with Crippen LogP contribution in [-0.4, -0.2) is 16.9 Å². The van der Waals surface area contributed by atoms with Crippen LogP contribution in [0.1, 0.15) is 27.7 Å². The molecule has 0 saturated heterocycles. The van der Waals surface area contributed by atoms with Gasteiger partial charge < -0.3 is 4.74 Å². The van der Waals surface area contributed by atoms with Crippen LogP contribution < -0.4 is 0 Å². The van der Waals surface area contributed by atoms with Gasteiger partial charge in [-0.15, -0.1) is 0 Å². The summed E-state index contributed by atoms with van der Waals surface area (Å²) in [5.74, 6) is 0.0524. The van der Waals surface area contributed by atoms with Crippen molar-refractivity contribution in [2.24, 2.45) is 5.92 Å². The Kier molecular flexibility index (Phi) is 4.08. The van der Waals surface area contributed by atoms with Gasteiger partial charge in [0.25, 0.3) is 0 Å². The van der Waals surface area contributed by atoms with E-state index in [9.17, 15) is 4.79 Å². The largest absolute Gasteiger partial charge is 0.465 e. The molecular formula is C8H15BrO2. The fourth-order valence-corrected chi connectivity index (χ4v) is 0.622. The highest BCUT2D eigenvalue weighted by Gasteiger charge is 2.34. The SMILES string of the molecule is CCOC(=O)C(C)(Br)C(C)C. The van der Waals surface area contributed by atoms with Crippen molar-refractivity contribution in [1.29, 1.82) is 0 Å². The van der Waals surface area contributed by atoms with Crippen LogP contribution in [0.15, 0.2) is 0 Å². The van der Waals surface area contributed by atoms with Crippen molar-refractivity contribution in [3.63, 3.8) is 0 Å². The lowest BCUT2D eigenvalue weighted by atomic mass is 9.98. The van der Waals surface area contributed by atoms with Crippen molar-refractivity contribution in [1.82, 2.24) is 0 Å². The normalized spacial score (nSPS) is 16.2. The fourth-order valence-electron chi connectivity index (χ4n) is 0.508. The average Bonchev–Trinajstić information content (AvgIpc) is 1.88. The predicted octanol–water partition coefficient (Wildman–Crippen LogP) is 2.36. The summed E-state index contributed by atoms with van der Waals surface area (Å²) in [6.07, 6.45) is 0. The summed E-state index contributed by atoms with van der Waals surface area (Å²) in [5.41, 5.74) is 0. The van der Waals surface area contributed by atoms with Gasteiger partial charge in [-0.2, -0.15) is 0 Å². The third-order valence-corrected chi connectivity index (χ3v) is 3.00. The summed E-state index contributed by atoms with van der Waals surface area (Å²) >= 11 is 3.34. The maximum absolute atomic E-state index is 11.2. The number of carbonyl (C=O) groups is 1. The van der Waals surface area contributed by atoms with Gasteiger partial charge in [0.1, 0.15) is 4.32 Å². The molecule has 0 bridgehead atoms. The van der Waals surface area contributed by atoms with Gasteiger partial charge in [0.15, 0.2) is 0 Å². The summed E-state index contributed by atoms with van der Waals surface area (Å²) in [4.78, 5) is 11.2. The van der Waals surface area contributed by atoms with Crippen molar-refractivity contribution in [2.75, 3.05) is 6.61 Å². The lowest BCUT2D eigenvalue weighted by Gasteiger charge is -2.23. The monoisotopic (exact) mass is 222 g/mol. The molecule has 0 amide bonds. The average molecular weight is 223 g/mol. The minimum Gasteiger partial charge on any atom is -0.465 e. The van der Waals surface area contributed by atoms with Gasteiger partial charge in [0.2, 0.25) is 0 Å². The molecule has 0 aliphatic heterocycles. The summed E-state index contributed by atoms with van der Waals surface area (Å²) in [6, 6.07) is 0. The molecule has 0 aromatic carbocycles. The molecule has 0 rings (SSSR count). The number of halogens is 1. The first-order chi connectivity index (χ1) is 4.92. The Morgan fingerprint density at radius 2 is 2.09 bits per heavy atom. The zero-order chi connectivity index (χ0) is 9.07. The van der Waals surface area contributed by atoms with Crippen molar-refractivity contribution in [3.8, 4) is 0 Å². The molecule has 0 radical (unpaired) electrons. The third kappa shape index (κ3) is 2.81. The highest BCUT2D eigenvalue weighted by molar-refractivity contribution is 9.10. The van der Waals surface area contributed by atoms with Crippen LogP contribution in [0.25, 0.3) is 0 Å². The number of rotatable bonds is 3. The minimum absolute atomic E-state index is 0.185. The number of alkyl halides is 1. The van der Waals surface area contributed by atoms with E-state index in [0.29, 0.717) is 6.61 Å². The van der Waals surface area contributed by atoms with Gasteiger partial charge in [0, 0.05) is 0 Å². The highest BCUT2D eigenvalue weighted by atomic mass is 79.9. The molecule has 2 nitrogen and oxygen atoms in total. The van der Waals surface area contributed by atoms with Gasteiger partial charge in [0.05, 0.1) is 6.61 Å². The molecule has 0 aromatic heterocycles. The van der Waals surface area contributed by atoms with Crippen LogP contribution in [0.2, 0.25) is 0 Å². The molecule has 0 heterocycles. The van der Waals surface area contributed by atoms with E-state index in [2.05, 4.69) is 15.9 Å². The Balaban J connectivity index is 4.18. The molecule has 0 aromatic rings. The van der Waals surface area contributed by atoms with Crippen molar-refractivity contribution in [2.45, 2.75) is 32.0 Å². The Hall–Kier alpha value is -0.0500. The second-order valence-corrected chi connectivity index (χ2v) is 4.60. The van der Waals surface area contributed by atoms with Gasteiger partial charge in [-0.1, -0.05) is 29.8 Å².